The lowest BCUT2D eigenvalue weighted by Crippen LogP contribution is -2.09. The van der Waals surface area contributed by atoms with E-state index in [2.05, 4.69) is 5.32 Å². The van der Waals surface area contributed by atoms with E-state index in [1.54, 1.807) is 17.4 Å². The number of rotatable bonds is 4. The van der Waals surface area contributed by atoms with Crippen LogP contribution in [0.4, 0.5) is 18.9 Å². The first-order valence-electron chi connectivity index (χ1n) is 6.36. The van der Waals surface area contributed by atoms with Gasteiger partial charge < -0.3 is 5.32 Å². The van der Waals surface area contributed by atoms with E-state index < -0.39 is 11.7 Å². The Hall–Kier alpha value is -2.00. The molecule has 2 rings (SSSR count). The third-order valence-electron chi connectivity index (χ3n) is 3.12. The smallest absolute Gasteiger partial charge is 0.380 e. The first kappa shape index (κ1) is 15.4. The highest BCUT2D eigenvalue weighted by molar-refractivity contribution is 7.10. The lowest BCUT2D eigenvalue weighted by atomic mass is 10.1. The second-order valence-corrected chi connectivity index (χ2v) is 5.45. The molecule has 0 saturated heterocycles. The van der Waals surface area contributed by atoms with Crippen molar-refractivity contribution in [3.8, 4) is 6.07 Å². The van der Waals surface area contributed by atoms with Crippen molar-refractivity contribution in [2.75, 3.05) is 5.32 Å². The van der Waals surface area contributed by atoms with Crippen LogP contribution >= 0.6 is 11.3 Å². The van der Waals surface area contributed by atoms with Crippen molar-refractivity contribution in [3.05, 3.63) is 51.2 Å². The molecule has 0 bridgehead atoms. The molecule has 0 amide bonds. The molecule has 1 N–H and O–H groups in total. The minimum absolute atomic E-state index is 0.358. The molecular weight excluding hydrogens is 297 g/mol. The van der Waals surface area contributed by atoms with Gasteiger partial charge in [0.05, 0.1) is 17.2 Å². The van der Waals surface area contributed by atoms with Crippen molar-refractivity contribution in [1.29, 1.82) is 5.26 Å². The SMILES string of the molecule is CCc1ccsc1CNc1ccc(C#N)c(C(F)(F)F)c1. The van der Waals surface area contributed by atoms with Crippen LogP contribution in [0.5, 0.6) is 0 Å². The number of benzene rings is 1. The van der Waals surface area contributed by atoms with Crippen LogP contribution in [0.2, 0.25) is 0 Å². The summed E-state index contributed by atoms with van der Waals surface area (Å²) in [5.41, 5.74) is 0.282. The van der Waals surface area contributed by atoms with Crippen molar-refractivity contribution < 1.29 is 13.2 Å². The molecule has 0 radical (unpaired) electrons. The summed E-state index contributed by atoms with van der Waals surface area (Å²) in [7, 11) is 0. The summed E-state index contributed by atoms with van der Waals surface area (Å²) in [6, 6.07) is 7.26. The van der Waals surface area contributed by atoms with Gasteiger partial charge in [-0.25, -0.2) is 0 Å². The standard InChI is InChI=1S/C15H13F3N2S/c1-2-10-5-6-21-14(10)9-20-12-4-3-11(8-19)13(7-12)15(16,17)18/h3-7,20H,2,9H2,1H3. The van der Waals surface area contributed by atoms with Crippen molar-refractivity contribution in [3.63, 3.8) is 0 Å². The molecule has 110 valence electrons. The predicted octanol–water partition coefficient (Wildman–Crippen LogP) is 4.81. The first-order chi connectivity index (χ1) is 9.95. The average Bonchev–Trinajstić information content (AvgIpc) is 2.91. The summed E-state index contributed by atoms with van der Waals surface area (Å²) in [6.07, 6.45) is -3.64. The van der Waals surface area contributed by atoms with Crippen molar-refractivity contribution in [1.82, 2.24) is 0 Å². The molecule has 21 heavy (non-hydrogen) atoms. The number of nitrogens with zero attached hydrogens (tertiary/aromatic N) is 1. The van der Waals surface area contributed by atoms with Crippen LogP contribution in [0.15, 0.2) is 29.6 Å². The molecule has 0 fully saturated rings. The summed E-state index contributed by atoms with van der Waals surface area (Å²) in [6.45, 7) is 2.51. The second-order valence-electron chi connectivity index (χ2n) is 4.45. The Kier molecular flexibility index (Phi) is 4.53. The highest BCUT2D eigenvalue weighted by Crippen LogP contribution is 2.33. The molecule has 2 aromatic rings. The third kappa shape index (κ3) is 3.56. The fourth-order valence-electron chi connectivity index (χ4n) is 2.01. The van der Waals surface area contributed by atoms with Crippen molar-refractivity contribution in [2.24, 2.45) is 0 Å². The van der Waals surface area contributed by atoms with Gasteiger partial charge in [0.25, 0.3) is 0 Å². The van der Waals surface area contributed by atoms with Crippen molar-refractivity contribution >= 4 is 17.0 Å². The van der Waals surface area contributed by atoms with Crippen LogP contribution in [-0.2, 0) is 19.1 Å². The van der Waals surface area contributed by atoms with Gasteiger partial charge in [-0.05, 0) is 41.6 Å². The van der Waals surface area contributed by atoms with E-state index in [1.165, 1.54) is 17.7 Å². The van der Waals surface area contributed by atoms with E-state index >= 15 is 0 Å². The van der Waals surface area contributed by atoms with Gasteiger partial charge in [-0.3, -0.25) is 0 Å². The fraction of sp³-hybridized carbons (Fsp3) is 0.267. The Morgan fingerprint density at radius 2 is 2.05 bits per heavy atom. The predicted molar refractivity (Wildman–Crippen MR) is 77.2 cm³/mol. The number of halogens is 3. The van der Waals surface area contributed by atoms with E-state index in [-0.39, 0.29) is 5.56 Å². The summed E-state index contributed by atoms with van der Waals surface area (Å²) in [4.78, 5) is 1.11. The Balaban J connectivity index is 2.20. The summed E-state index contributed by atoms with van der Waals surface area (Å²) < 4.78 is 38.6. The largest absolute Gasteiger partial charge is 0.417 e. The number of hydrogen-bond donors (Lipinski definition) is 1. The summed E-state index contributed by atoms with van der Waals surface area (Å²) in [5, 5.41) is 13.7. The second kappa shape index (κ2) is 6.19. The van der Waals surface area contributed by atoms with Crippen LogP contribution in [0.25, 0.3) is 0 Å². The van der Waals surface area contributed by atoms with Crippen LogP contribution < -0.4 is 5.32 Å². The molecule has 0 spiro atoms. The first-order valence-corrected chi connectivity index (χ1v) is 7.24. The number of anilines is 1. The van der Waals surface area contributed by atoms with Crippen LogP contribution in [-0.4, -0.2) is 0 Å². The van der Waals surface area contributed by atoms with E-state index in [1.807, 2.05) is 18.4 Å². The highest BCUT2D eigenvalue weighted by atomic mass is 32.1. The van der Waals surface area contributed by atoms with Gasteiger partial charge in [0.1, 0.15) is 0 Å². The van der Waals surface area contributed by atoms with E-state index in [4.69, 9.17) is 5.26 Å². The maximum atomic E-state index is 12.9. The molecule has 0 unspecified atom stereocenters. The molecule has 2 nitrogen and oxygen atoms in total. The van der Waals surface area contributed by atoms with Gasteiger partial charge in [-0.15, -0.1) is 11.3 Å². The Morgan fingerprint density at radius 1 is 1.29 bits per heavy atom. The Bertz CT molecular complexity index is 668. The fourth-order valence-corrected chi connectivity index (χ4v) is 2.92. The number of nitrogens with one attached hydrogen (secondary N) is 1. The van der Waals surface area contributed by atoms with Crippen LogP contribution in [0, 0.1) is 11.3 Å². The molecule has 0 aliphatic rings. The zero-order chi connectivity index (χ0) is 15.5. The lowest BCUT2D eigenvalue weighted by Gasteiger charge is -2.12. The molecule has 1 heterocycles. The van der Waals surface area contributed by atoms with Gasteiger partial charge in [0.15, 0.2) is 0 Å². The van der Waals surface area contributed by atoms with E-state index in [0.29, 0.717) is 12.2 Å². The molecule has 0 aliphatic heterocycles. The number of hydrogen-bond acceptors (Lipinski definition) is 3. The molecule has 0 atom stereocenters. The van der Waals surface area contributed by atoms with Crippen molar-refractivity contribution in [2.45, 2.75) is 26.1 Å². The maximum Gasteiger partial charge on any atom is 0.417 e. The maximum absolute atomic E-state index is 12.9. The van der Waals surface area contributed by atoms with Crippen LogP contribution in [0.1, 0.15) is 28.5 Å². The molecule has 1 aromatic carbocycles. The number of aryl methyl sites for hydroxylation is 1. The monoisotopic (exact) mass is 310 g/mol. The molecule has 1 aromatic heterocycles. The Labute approximate surface area is 124 Å². The molecular formula is C15H13F3N2S. The topological polar surface area (TPSA) is 35.8 Å². The Morgan fingerprint density at radius 3 is 2.67 bits per heavy atom. The highest BCUT2D eigenvalue weighted by Gasteiger charge is 2.33. The minimum atomic E-state index is -4.53. The number of thiophene rings is 1. The number of nitriles is 1. The van der Waals surface area contributed by atoms with E-state index in [9.17, 15) is 13.2 Å². The quantitative estimate of drug-likeness (QED) is 0.879. The lowest BCUT2D eigenvalue weighted by molar-refractivity contribution is -0.137. The normalized spacial score (nSPS) is 11.2. The van der Waals surface area contributed by atoms with Gasteiger partial charge in [-0.1, -0.05) is 6.92 Å². The van der Waals surface area contributed by atoms with E-state index in [0.717, 1.165) is 17.4 Å². The summed E-state index contributed by atoms with van der Waals surface area (Å²) >= 11 is 1.57. The molecule has 6 heteroatoms. The minimum Gasteiger partial charge on any atom is -0.380 e. The zero-order valence-electron chi connectivity index (χ0n) is 11.3. The van der Waals surface area contributed by atoms with Crippen LogP contribution in [0.3, 0.4) is 0 Å². The molecule has 0 aliphatic carbocycles. The third-order valence-corrected chi connectivity index (χ3v) is 4.08. The van der Waals surface area contributed by atoms with Gasteiger partial charge in [0, 0.05) is 17.1 Å². The van der Waals surface area contributed by atoms with Gasteiger partial charge in [-0.2, -0.15) is 18.4 Å². The molecule has 0 saturated carbocycles. The average molecular weight is 310 g/mol. The zero-order valence-corrected chi connectivity index (χ0v) is 12.1. The summed E-state index contributed by atoms with van der Waals surface area (Å²) in [5.74, 6) is 0. The number of alkyl halides is 3. The van der Waals surface area contributed by atoms with Gasteiger partial charge >= 0.3 is 6.18 Å². The van der Waals surface area contributed by atoms with Gasteiger partial charge in [0.2, 0.25) is 0 Å².